The molecule has 0 aliphatic rings. The molecular formula is C23H25Cl3F3N3O3. The molecule has 0 saturated carbocycles. The van der Waals surface area contributed by atoms with Crippen molar-refractivity contribution in [2.24, 2.45) is 0 Å². The Morgan fingerprint density at radius 1 is 1.06 bits per heavy atom. The van der Waals surface area contributed by atoms with Crippen molar-refractivity contribution in [1.29, 1.82) is 0 Å². The molecule has 0 aromatic heterocycles. The summed E-state index contributed by atoms with van der Waals surface area (Å²) in [6.45, 7) is 3.58. The van der Waals surface area contributed by atoms with Crippen LogP contribution in [0, 0.1) is 11.6 Å². The van der Waals surface area contributed by atoms with Gasteiger partial charge in [0, 0.05) is 12.2 Å². The van der Waals surface area contributed by atoms with Gasteiger partial charge in [-0.05, 0) is 63.9 Å². The summed E-state index contributed by atoms with van der Waals surface area (Å²) in [4.78, 5) is 24.7. The summed E-state index contributed by atoms with van der Waals surface area (Å²) < 4.78 is 46.2. The Kier molecular flexibility index (Phi) is 10.1. The molecule has 2 amide bonds. The average Bonchev–Trinajstić information content (AvgIpc) is 2.74. The van der Waals surface area contributed by atoms with Gasteiger partial charge in [-0.1, -0.05) is 11.6 Å². The number of benzene rings is 2. The Balaban J connectivity index is 2.12. The summed E-state index contributed by atoms with van der Waals surface area (Å²) in [5.41, 5.74) is -0.616. The van der Waals surface area contributed by atoms with Crippen LogP contribution in [0.3, 0.4) is 0 Å². The molecule has 3 N–H and O–H groups in total. The van der Waals surface area contributed by atoms with Gasteiger partial charge in [0.1, 0.15) is 22.4 Å². The molecule has 0 heterocycles. The number of nitrogens with one attached hydrogen (secondary N) is 3. The fourth-order valence-electron chi connectivity index (χ4n) is 2.81. The van der Waals surface area contributed by atoms with Crippen molar-refractivity contribution in [2.45, 2.75) is 43.8 Å². The molecule has 192 valence electrons. The first-order valence-electron chi connectivity index (χ1n) is 10.5. The number of carbonyl (C=O) groups excluding carboxylic acids is 2. The molecule has 0 aliphatic heterocycles. The zero-order valence-corrected chi connectivity index (χ0v) is 21.5. The molecule has 2 aromatic rings. The largest absolute Gasteiger partial charge is 0.385 e. The lowest BCUT2D eigenvalue weighted by Gasteiger charge is -2.16. The third-order valence-electron chi connectivity index (χ3n) is 4.48. The van der Waals surface area contributed by atoms with Crippen molar-refractivity contribution in [2.75, 3.05) is 29.1 Å². The highest BCUT2D eigenvalue weighted by atomic mass is 35.5. The predicted octanol–water partition coefficient (Wildman–Crippen LogP) is 6.92. The van der Waals surface area contributed by atoms with Crippen LogP contribution in [-0.2, 0) is 9.53 Å². The summed E-state index contributed by atoms with van der Waals surface area (Å²) >= 11 is 18.0. The highest BCUT2D eigenvalue weighted by Gasteiger charge is 2.22. The van der Waals surface area contributed by atoms with E-state index in [4.69, 9.17) is 34.8 Å². The van der Waals surface area contributed by atoms with Gasteiger partial charge in [0.25, 0.3) is 11.8 Å². The van der Waals surface area contributed by atoms with Crippen molar-refractivity contribution in [3.8, 4) is 0 Å². The molecule has 0 radical (unpaired) electrons. The van der Waals surface area contributed by atoms with E-state index in [1.54, 1.807) is 13.0 Å². The van der Waals surface area contributed by atoms with Crippen LogP contribution in [0.5, 0.6) is 0 Å². The highest BCUT2D eigenvalue weighted by molar-refractivity contribution is 6.48. The first kappa shape index (κ1) is 29.0. The van der Waals surface area contributed by atoms with Crippen LogP contribution in [0.1, 0.15) is 44.0 Å². The van der Waals surface area contributed by atoms with Crippen molar-refractivity contribution in [3.63, 3.8) is 0 Å². The molecule has 0 bridgehead atoms. The van der Waals surface area contributed by atoms with Crippen molar-refractivity contribution < 1.29 is 27.5 Å². The number of alkyl halides is 3. The second-order valence-electron chi connectivity index (χ2n) is 8.23. The molecule has 0 aliphatic carbocycles. The minimum atomic E-state index is -2.11. The summed E-state index contributed by atoms with van der Waals surface area (Å²) in [6.07, 6.45) is 1.21. The Morgan fingerprint density at radius 2 is 1.74 bits per heavy atom. The third kappa shape index (κ3) is 9.76. The average molecular weight is 555 g/mol. The number of halogens is 6. The highest BCUT2D eigenvalue weighted by Crippen LogP contribution is 2.29. The van der Waals surface area contributed by atoms with E-state index in [2.05, 4.69) is 15.4 Å². The first-order valence-corrected chi connectivity index (χ1v) is 11.6. The summed E-state index contributed by atoms with van der Waals surface area (Å²) in [5, 5.41) is 7.50. The lowest BCUT2D eigenvalue weighted by Crippen LogP contribution is -2.27. The van der Waals surface area contributed by atoms with Gasteiger partial charge in [-0.25, -0.2) is 13.2 Å². The summed E-state index contributed by atoms with van der Waals surface area (Å²) in [5.74, 6) is -6.19. The molecule has 0 saturated heterocycles. The topological polar surface area (TPSA) is 79.5 Å². The smallest absolute Gasteiger partial charge is 0.257 e. The Labute approximate surface area is 216 Å². The second kappa shape index (κ2) is 12.2. The van der Waals surface area contributed by atoms with Gasteiger partial charge in [-0.15, -0.1) is 23.2 Å². The van der Waals surface area contributed by atoms with Crippen LogP contribution in [0.4, 0.5) is 30.2 Å². The van der Waals surface area contributed by atoms with Gasteiger partial charge in [0.05, 0.1) is 16.3 Å². The van der Waals surface area contributed by atoms with E-state index in [1.165, 1.54) is 12.1 Å². The minimum absolute atomic E-state index is 0.0316. The zero-order valence-electron chi connectivity index (χ0n) is 19.2. The Bertz CT molecular complexity index is 1070. The van der Waals surface area contributed by atoms with E-state index in [9.17, 15) is 22.8 Å². The molecule has 0 unspecified atom stereocenters. The van der Waals surface area contributed by atoms with Crippen LogP contribution >= 0.6 is 34.8 Å². The second-order valence-corrected chi connectivity index (χ2v) is 10.5. The van der Waals surface area contributed by atoms with Crippen LogP contribution in [0.25, 0.3) is 0 Å². The molecular weight excluding hydrogens is 530 g/mol. The van der Waals surface area contributed by atoms with E-state index in [0.29, 0.717) is 25.1 Å². The Morgan fingerprint density at radius 3 is 2.37 bits per heavy atom. The lowest BCUT2D eigenvalue weighted by atomic mass is 10.1. The fraction of sp³-hybridized carbons (Fsp3) is 0.391. The number of ether oxygens (including phenoxy) is 1. The van der Waals surface area contributed by atoms with Crippen molar-refractivity contribution >= 4 is 63.7 Å². The standard InChI is InChI=1S/C23H25Cl3F3N3O3/c1-22(2,29)35-12-18(33)32-20-16(27)7-8-17(19(20)28)31-21(34)14-11-13(5-6-15(14)24)30-10-4-9-23(3,25)26/h5-8,11,30H,4,9-10,12H2,1-3H3,(H,31,34)(H,32,33). The van der Waals surface area contributed by atoms with E-state index in [-0.39, 0.29) is 10.6 Å². The summed E-state index contributed by atoms with van der Waals surface area (Å²) in [6, 6.07) is 6.47. The quantitative estimate of drug-likeness (QED) is 0.208. The van der Waals surface area contributed by atoms with Crippen LogP contribution in [0.2, 0.25) is 5.02 Å². The molecule has 0 spiro atoms. The van der Waals surface area contributed by atoms with Gasteiger partial charge in [-0.3, -0.25) is 9.59 Å². The normalized spacial score (nSPS) is 11.8. The van der Waals surface area contributed by atoms with Crippen LogP contribution in [-0.4, -0.2) is 35.2 Å². The predicted molar refractivity (Wildman–Crippen MR) is 133 cm³/mol. The fourth-order valence-corrected chi connectivity index (χ4v) is 3.28. The molecule has 6 nitrogen and oxygen atoms in total. The van der Waals surface area contributed by atoms with Gasteiger partial charge < -0.3 is 20.7 Å². The van der Waals surface area contributed by atoms with E-state index in [0.717, 1.165) is 26.0 Å². The third-order valence-corrected chi connectivity index (χ3v) is 5.19. The van der Waals surface area contributed by atoms with Gasteiger partial charge >= 0.3 is 0 Å². The van der Waals surface area contributed by atoms with E-state index in [1.807, 2.05) is 5.32 Å². The van der Waals surface area contributed by atoms with Gasteiger partial charge in [0.2, 0.25) is 5.85 Å². The Hall–Kier alpha value is -2.20. The van der Waals surface area contributed by atoms with Crippen LogP contribution in [0.15, 0.2) is 30.3 Å². The van der Waals surface area contributed by atoms with Crippen LogP contribution < -0.4 is 16.0 Å². The SMILES string of the molecule is CC(Cl)(Cl)CCCNc1ccc(Cl)c(C(=O)Nc2ccc(F)c(NC(=O)COC(C)(C)F)c2F)c1. The number of carbonyl (C=O) groups is 2. The van der Waals surface area contributed by atoms with Crippen molar-refractivity contribution in [3.05, 3.63) is 52.6 Å². The molecule has 35 heavy (non-hydrogen) atoms. The number of anilines is 3. The maximum absolute atomic E-state index is 14.9. The number of amides is 2. The first-order chi connectivity index (χ1) is 16.2. The maximum atomic E-state index is 14.9. The molecule has 2 aromatic carbocycles. The van der Waals surface area contributed by atoms with Gasteiger partial charge in [0.15, 0.2) is 5.82 Å². The summed E-state index contributed by atoms with van der Waals surface area (Å²) in [7, 11) is 0. The molecule has 2 rings (SSSR count). The van der Waals surface area contributed by atoms with Crippen molar-refractivity contribution in [1.82, 2.24) is 0 Å². The molecule has 12 heteroatoms. The van der Waals surface area contributed by atoms with E-state index < -0.39 is 51.6 Å². The van der Waals surface area contributed by atoms with Gasteiger partial charge in [-0.2, -0.15) is 0 Å². The minimum Gasteiger partial charge on any atom is -0.385 e. The number of hydrogen-bond donors (Lipinski definition) is 3. The van der Waals surface area contributed by atoms with E-state index >= 15 is 0 Å². The monoisotopic (exact) mass is 553 g/mol. The zero-order chi connectivity index (χ0) is 26.4. The number of rotatable bonds is 11. The number of hydrogen-bond acceptors (Lipinski definition) is 4. The molecule has 0 atom stereocenters. The lowest BCUT2D eigenvalue weighted by molar-refractivity contribution is -0.143. The molecule has 0 fully saturated rings. The maximum Gasteiger partial charge on any atom is 0.257 e.